The number of ether oxygens (including phenoxy) is 3. The molecule has 1 N–H and O–H groups in total. The molecule has 2 atom stereocenters. The minimum atomic E-state index is -4.39. The van der Waals surface area contributed by atoms with Gasteiger partial charge in [0.05, 0.1) is 17.9 Å². The van der Waals surface area contributed by atoms with Crippen LogP contribution >= 0.6 is 0 Å². The van der Waals surface area contributed by atoms with Gasteiger partial charge in [0, 0.05) is 0 Å². The molecule has 0 unspecified atom stereocenters. The maximum Gasteiger partial charge on any atom is 0.416 e. The Balaban J connectivity index is 1.39. The van der Waals surface area contributed by atoms with Crippen molar-refractivity contribution in [2.24, 2.45) is 0 Å². The molecule has 3 aromatic carbocycles. The summed E-state index contributed by atoms with van der Waals surface area (Å²) in [5.74, 6) is 5.98. The zero-order valence-electron chi connectivity index (χ0n) is 19.3. The van der Waals surface area contributed by atoms with Crippen molar-refractivity contribution in [3.05, 3.63) is 77.9 Å². The molecule has 0 bridgehead atoms. The van der Waals surface area contributed by atoms with Crippen LogP contribution in [0.5, 0.6) is 17.2 Å². The number of halogens is 3. The van der Waals surface area contributed by atoms with Crippen molar-refractivity contribution in [1.29, 1.82) is 0 Å². The van der Waals surface area contributed by atoms with Gasteiger partial charge in [0.1, 0.15) is 19.0 Å². The Morgan fingerprint density at radius 3 is 2.39 bits per heavy atom. The molecule has 1 aliphatic rings. The molecule has 0 fully saturated rings. The maximum atomic E-state index is 12.8. The van der Waals surface area contributed by atoms with Crippen molar-refractivity contribution in [3.8, 4) is 40.2 Å². The minimum absolute atomic E-state index is 0.0812. The molecular weight excluding hydrogens is 473 g/mol. The number of rotatable bonds is 7. The predicted molar refractivity (Wildman–Crippen MR) is 127 cm³/mol. The molecule has 0 spiro atoms. The molecule has 0 aromatic heterocycles. The molecule has 36 heavy (non-hydrogen) atoms. The van der Waals surface area contributed by atoms with Crippen molar-refractivity contribution in [2.75, 3.05) is 13.2 Å². The fourth-order valence-corrected chi connectivity index (χ4v) is 3.82. The second-order valence-electron chi connectivity index (χ2n) is 8.21. The van der Waals surface area contributed by atoms with E-state index in [0.717, 1.165) is 17.7 Å². The van der Waals surface area contributed by atoms with Crippen LogP contribution in [0.25, 0.3) is 11.1 Å². The number of aliphatic carboxylic acids is 1. The number of benzene rings is 3. The van der Waals surface area contributed by atoms with Crippen molar-refractivity contribution in [1.82, 2.24) is 0 Å². The second-order valence-corrected chi connectivity index (χ2v) is 8.21. The van der Waals surface area contributed by atoms with E-state index in [0.29, 0.717) is 28.4 Å². The van der Waals surface area contributed by atoms with Crippen molar-refractivity contribution in [3.63, 3.8) is 0 Å². The van der Waals surface area contributed by atoms with Gasteiger partial charge in [-0.3, -0.25) is 4.79 Å². The molecule has 0 saturated carbocycles. The number of fused-ring (bicyclic) bond motifs is 1. The summed E-state index contributed by atoms with van der Waals surface area (Å²) in [7, 11) is 0. The number of hydrogen-bond donors (Lipinski definition) is 1. The van der Waals surface area contributed by atoms with Crippen LogP contribution in [0.1, 0.15) is 30.4 Å². The Bertz CT molecular complexity index is 1270. The van der Waals surface area contributed by atoms with E-state index in [-0.39, 0.29) is 19.6 Å². The third-order valence-corrected chi connectivity index (χ3v) is 5.62. The summed E-state index contributed by atoms with van der Waals surface area (Å²) in [6, 6.07) is 17.2. The van der Waals surface area contributed by atoms with Gasteiger partial charge in [-0.05, 0) is 60.0 Å². The highest BCUT2D eigenvalue weighted by atomic mass is 19.4. The average Bonchev–Trinajstić information content (AvgIpc) is 2.86. The Labute approximate surface area is 206 Å². The average molecular weight is 496 g/mol. The van der Waals surface area contributed by atoms with Crippen LogP contribution in [0.3, 0.4) is 0 Å². The summed E-state index contributed by atoms with van der Waals surface area (Å²) in [6.45, 7) is 2.15. The van der Waals surface area contributed by atoms with Crippen LogP contribution in [0.2, 0.25) is 0 Å². The van der Waals surface area contributed by atoms with E-state index in [1.165, 1.54) is 12.1 Å². The maximum absolute atomic E-state index is 12.8. The number of carbonyl (C=O) groups is 1. The highest BCUT2D eigenvalue weighted by Gasteiger charge is 2.30. The first kappa shape index (κ1) is 25.0. The van der Waals surface area contributed by atoms with Gasteiger partial charge < -0.3 is 19.3 Å². The first-order valence-corrected chi connectivity index (χ1v) is 11.2. The Kier molecular flexibility index (Phi) is 7.39. The summed E-state index contributed by atoms with van der Waals surface area (Å²) in [6.07, 6.45) is -4.86. The van der Waals surface area contributed by atoms with E-state index in [1.54, 1.807) is 49.4 Å². The van der Waals surface area contributed by atoms with Crippen LogP contribution in [0, 0.1) is 11.8 Å². The predicted octanol–water partition coefficient (Wildman–Crippen LogP) is 6.17. The molecule has 1 aliphatic heterocycles. The fourth-order valence-electron chi connectivity index (χ4n) is 3.82. The Morgan fingerprint density at radius 2 is 1.75 bits per heavy atom. The Hall–Kier alpha value is -4.12. The summed E-state index contributed by atoms with van der Waals surface area (Å²) >= 11 is 0. The van der Waals surface area contributed by atoms with Crippen LogP contribution in [-0.4, -0.2) is 30.4 Å². The zero-order chi connectivity index (χ0) is 25.7. The molecule has 1 heterocycles. The van der Waals surface area contributed by atoms with Crippen molar-refractivity contribution < 1.29 is 37.3 Å². The van der Waals surface area contributed by atoms with Gasteiger partial charge in [0.2, 0.25) is 0 Å². The smallest absolute Gasteiger partial charge is 0.416 e. The lowest BCUT2D eigenvalue weighted by Crippen LogP contribution is -2.34. The molecule has 0 radical (unpaired) electrons. The lowest BCUT2D eigenvalue weighted by atomic mass is 9.96. The van der Waals surface area contributed by atoms with Crippen LogP contribution in [0.15, 0.2) is 66.7 Å². The number of carboxylic acid groups (broad SMARTS) is 1. The molecule has 0 amide bonds. The van der Waals surface area contributed by atoms with Crippen LogP contribution in [-0.2, 0) is 11.0 Å². The molecule has 0 aliphatic carbocycles. The molecule has 5 nitrogen and oxygen atoms in total. The first-order chi connectivity index (χ1) is 17.2. The van der Waals surface area contributed by atoms with Gasteiger partial charge in [-0.15, -0.1) is 5.92 Å². The van der Waals surface area contributed by atoms with E-state index >= 15 is 0 Å². The van der Waals surface area contributed by atoms with Crippen LogP contribution in [0.4, 0.5) is 13.2 Å². The van der Waals surface area contributed by atoms with Gasteiger partial charge in [-0.2, -0.15) is 13.2 Å². The largest absolute Gasteiger partial charge is 0.490 e. The van der Waals surface area contributed by atoms with Crippen molar-refractivity contribution >= 4 is 5.97 Å². The van der Waals surface area contributed by atoms with E-state index in [1.807, 2.05) is 0 Å². The molecule has 3 aromatic rings. The Morgan fingerprint density at radius 1 is 1.06 bits per heavy atom. The monoisotopic (exact) mass is 496 g/mol. The van der Waals surface area contributed by atoms with E-state index in [9.17, 15) is 18.0 Å². The number of hydrogen-bond acceptors (Lipinski definition) is 4. The first-order valence-electron chi connectivity index (χ1n) is 11.2. The standard InChI is InChI=1S/C28H23F3O5/c1-2-3-20(15-27(32)33)19-6-11-23(12-7-19)34-16-24-17-35-25-13-8-21(14-26(25)36-24)18-4-9-22(10-5-18)28(29,30)31/h4-14,20,24H,15-17H2,1H3,(H,32,33)/t20-,24-/m0/s1. The van der Waals surface area contributed by atoms with Gasteiger partial charge in [-0.25, -0.2) is 0 Å². The zero-order valence-corrected chi connectivity index (χ0v) is 19.3. The summed E-state index contributed by atoms with van der Waals surface area (Å²) < 4.78 is 56.1. The van der Waals surface area contributed by atoms with Gasteiger partial charge >= 0.3 is 12.1 Å². The lowest BCUT2D eigenvalue weighted by molar-refractivity contribution is -0.138. The molecule has 8 heteroatoms. The molecule has 0 saturated heterocycles. The fraction of sp³-hybridized carbons (Fsp3) is 0.250. The van der Waals surface area contributed by atoms with E-state index in [2.05, 4.69) is 11.8 Å². The third kappa shape index (κ3) is 6.11. The topological polar surface area (TPSA) is 65.0 Å². The minimum Gasteiger partial charge on any atom is -0.490 e. The molecular formula is C28H23F3O5. The summed E-state index contributed by atoms with van der Waals surface area (Å²) in [5, 5.41) is 9.09. The lowest BCUT2D eigenvalue weighted by Gasteiger charge is -2.27. The summed E-state index contributed by atoms with van der Waals surface area (Å²) in [4.78, 5) is 11.1. The highest BCUT2D eigenvalue weighted by molar-refractivity contribution is 5.69. The molecule has 4 rings (SSSR count). The molecule has 186 valence electrons. The van der Waals surface area contributed by atoms with Gasteiger partial charge in [0.25, 0.3) is 0 Å². The number of carboxylic acids is 1. The highest BCUT2D eigenvalue weighted by Crippen LogP contribution is 2.37. The SMILES string of the molecule is CC#C[C@@H](CC(=O)O)c1ccc(OC[C@H]2COc3ccc(-c4ccc(C(F)(F)F)cc4)cc3O2)cc1. The number of alkyl halides is 3. The third-order valence-electron chi connectivity index (χ3n) is 5.62. The van der Waals surface area contributed by atoms with Gasteiger partial charge in [-0.1, -0.05) is 36.3 Å². The summed E-state index contributed by atoms with van der Waals surface area (Å²) in [5.41, 5.74) is 1.42. The van der Waals surface area contributed by atoms with E-state index in [4.69, 9.17) is 19.3 Å². The van der Waals surface area contributed by atoms with Crippen LogP contribution < -0.4 is 14.2 Å². The van der Waals surface area contributed by atoms with E-state index < -0.39 is 29.7 Å². The quantitative estimate of drug-likeness (QED) is 0.396. The second kappa shape index (κ2) is 10.6. The van der Waals surface area contributed by atoms with Crippen molar-refractivity contribution in [2.45, 2.75) is 31.5 Å². The van der Waals surface area contributed by atoms with Gasteiger partial charge in [0.15, 0.2) is 17.6 Å². The normalized spacial score (nSPS) is 15.4.